The van der Waals surface area contributed by atoms with Gasteiger partial charge in [0.1, 0.15) is 0 Å². The number of aromatic nitrogens is 2. The standard InChI is InChI=1S/C14H18N4O2S/c1-20-7-2-8-21-13-5-3-11(4-6-13)17-14(19)18-12-9-15-16-10-12/h3-6,9-10H,2,7-8H2,1H3,(H,15,16)(H2,17,18,19). The third-order valence-corrected chi connectivity index (χ3v) is 3.73. The van der Waals surface area contributed by atoms with Crippen LogP contribution in [0.3, 0.4) is 0 Å². The van der Waals surface area contributed by atoms with Crippen molar-refractivity contribution in [2.45, 2.75) is 11.3 Å². The Morgan fingerprint density at radius 1 is 1.29 bits per heavy atom. The Hall–Kier alpha value is -1.99. The lowest BCUT2D eigenvalue weighted by Crippen LogP contribution is -2.18. The molecule has 1 aromatic carbocycles. The Labute approximate surface area is 127 Å². The number of benzene rings is 1. The molecular weight excluding hydrogens is 288 g/mol. The Kier molecular flexibility index (Phi) is 6.11. The van der Waals surface area contributed by atoms with Gasteiger partial charge in [-0.05, 0) is 30.7 Å². The van der Waals surface area contributed by atoms with Gasteiger partial charge in [0.2, 0.25) is 0 Å². The van der Waals surface area contributed by atoms with Crippen molar-refractivity contribution in [3.63, 3.8) is 0 Å². The number of thioether (sulfide) groups is 1. The Morgan fingerprint density at radius 2 is 2.05 bits per heavy atom. The number of anilines is 2. The first-order valence-electron chi connectivity index (χ1n) is 6.56. The summed E-state index contributed by atoms with van der Waals surface area (Å²) in [5.41, 5.74) is 1.37. The molecule has 2 aromatic rings. The number of hydrogen-bond acceptors (Lipinski definition) is 4. The first-order chi connectivity index (χ1) is 10.3. The van der Waals surface area contributed by atoms with Crippen LogP contribution in [0.2, 0.25) is 0 Å². The minimum Gasteiger partial charge on any atom is -0.385 e. The van der Waals surface area contributed by atoms with Gasteiger partial charge in [0.25, 0.3) is 0 Å². The molecule has 0 saturated heterocycles. The van der Waals surface area contributed by atoms with Crippen molar-refractivity contribution in [3.05, 3.63) is 36.7 Å². The number of nitrogens with zero attached hydrogens (tertiary/aromatic N) is 1. The van der Waals surface area contributed by atoms with Crippen molar-refractivity contribution in [1.82, 2.24) is 10.2 Å². The Morgan fingerprint density at radius 3 is 2.71 bits per heavy atom. The fourth-order valence-corrected chi connectivity index (χ4v) is 2.47. The Bertz CT molecular complexity index is 543. The highest BCUT2D eigenvalue weighted by Crippen LogP contribution is 2.21. The molecule has 0 fully saturated rings. The zero-order valence-electron chi connectivity index (χ0n) is 11.8. The first-order valence-corrected chi connectivity index (χ1v) is 7.55. The summed E-state index contributed by atoms with van der Waals surface area (Å²) in [5, 5.41) is 11.8. The monoisotopic (exact) mass is 306 g/mol. The highest BCUT2D eigenvalue weighted by atomic mass is 32.2. The van der Waals surface area contributed by atoms with E-state index in [0.717, 1.165) is 24.5 Å². The zero-order valence-corrected chi connectivity index (χ0v) is 12.6. The lowest BCUT2D eigenvalue weighted by atomic mass is 10.3. The van der Waals surface area contributed by atoms with Crippen LogP contribution in [0.1, 0.15) is 6.42 Å². The topological polar surface area (TPSA) is 79.0 Å². The molecule has 0 aliphatic carbocycles. The predicted octanol–water partition coefficient (Wildman–Crippen LogP) is 3.18. The fourth-order valence-electron chi connectivity index (χ4n) is 1.64. The molecule has 0 aliphatic heterocycles. The summed E-state index contributed by atoms with van der Waals surface area (Å²) in [7, 11) is 1.71. The highest BCUT2D eigenvalue weighted by molar-refractivity contribution is 7.99. The number of rotatable bonds is 7. The second-order valence-electron chi connectivity index (χ2n) is 4.29. The van der Waals surface area contributed by atoms with E-state index in [9.17, 15) is 4.79 Å². The van der Waals surface area contributed by atoms with Crippen molar-refractivity contribution in [3.8, 4) is 0 Å². The summed E-state index contributed by atoms with van der Waals surface area (Å²) in [6.45, 7) is 0.779. The van der Waals surface area contributed by atoms with Gasteiger partial charge in [-0.1, -0.05) is 0 Å². The van der Waals surface area contributed by atoms with Crippen LogP contribution in [0.4, 0.5) is 16.2 Å². The van der Waals surface area contributed by atoms with E-state index in [1.807, 2.05) is 24.3 Å². The molecule has 21 heavy (non-hydrogen) atoms. The molecule has 1 heterocycles. The van der Waals surface area contributed by atoms with E-state index in [4.69, 9.17) is 4.74 Å². The smallest absolute Gasteiger partial charge is 0.323 e. The second kappa shape index (κ2) is 8.33. The van der Waals surface area contributed by atoms with E-state index in [1.165, 1.54) is 4.90 Å². The van der Waals surface area contributed by atoms with Crippen LogP contribution in [0.15, 0.2) is 41.6 Å². The summed E-state index contributed by atoms with van der Waals surface area (Å²) < 4.78 is 5.01. The van der Waals surface area contributed by atoms with Crippen molar-refractivity contribution in [1.29, 1.82) is 0 Å². The molecule has 0 atom stereocenters. The van der Waals surface area contributed by atoms with Crippen LogP contribution in [0.5, 0.6) is 0 Å². The van der Waals surface area contributed by atoms with Crippen LogP contribution in [0, 0.1) is 0 Å². The maximum absolute atomic E-state index is 11.7. The molecule has 0 radical (unpaired) electrons. The van der Waals surface area contributed by atoms with Gasteiger partial charge in [0.05, 0.1) is 11.9 Å². The van der Waals surface area contributed by atoms with Crippen LogP contribution in [0.25, 0.3) is 0 Å². The van der Waals surface area contributed by atoms with Gasteiger partial charge >= 0.3 is 6.03 Å². The number of hydrogen-bond donors (Lipinski definition) is 3. The molecule has 112 valence electrons. The molecule has 2 amide bonds. The van der Waals surface area contributed by atoms with Gasteiger partial charge in [0.15, 0.2) is 0 Å². The van der Waals surface area contributed by atoms with E-state index in [0.29, 0.717) is 5.69 Å². The second-order valence-corrected chi connectivity index (χ2v) is 5.45. The molecule has 2 rings (SSSR count). The summed E-state index contributed by atoms with van der Waals surface area (Å²) >= 11 is 1.77. The van der Waals surface area contributed by atoms with Crippen LogP contribution in [-0.4, -0.2) is 35.7 Å². The number of ether oxygens (including phenoxy) is 1. The SMILES string of the molecule is COCCCSc1ccc(NC(=O)Nc2cn[nH]c2)cc1. The number of urea groups is 1. The van der Waals surface area contributed by atoms with Crippen LogP contribution >= 0.6 is 11.8 Å². The summed E-state index contributed by atoms with van der Waals surface area (Å²) in [5.74, 6) is 1.02. The maximum atomic E-state index is 11.7. The van der Waals surface area contributed by atoms with Gasteiger partial charge in [0, 0.05) is 36.2 Å². The third-order valence-electron chi connectivity index (χ3n) is 2.63. The number of methoxy groups -OCH3 is 1. The molecule has 3 N–H and O–H groups in total. The number of nitrogens with one attached hydrogen (secondary N) is 3. The highest BCUT2D eigenvalue weighted by Gasteiger charge is 2.03. The molecule has 0 bridgehead atoms. The van der Waals surface area contributed by atoms with E-state index in [1.54, 1.807) is 31.3 Å². The minimum absolute atomic E-state index is 0.295. The Balaban J connectivity index is 1.77. The third kappa shape index (κ3) is 5.49. The molecular formula is C14H18N4O2S. The van der Waals surface area contributed by atoms with Crippen molar-refractivity contribution in [2.24, 2.45) is 0 Å². The number of aromatic amines is 1. The fraction of sp³-hybridized carbons (Fsp3) is 0.286. The van der Waals surface area contributed by atoms with Crippen LogP contribution in [-0.2, 0) is 4.74 Å². The maximum Gasteiger partial charge on any atom is 0.323 e. The van der Waals surface area contributed by atoms with E-state index in [-0.39, 0.29) is 6.03 Å². The molecule has 7 heteroatoms. The molecule has 0 aliphatic rings. The van der Waals surface area contributed by atoms with Gasteiger partial charge < -0.3 is 15.4 Å². The van der Waals surface area contributed by atoms with Gasteiger partial charge in [-0.3, -0.25) is 5.10 Å². The van der Waals surface area contributed by atoms with Gasteiger partial charge in [-0.2, -0.15) is 5.10 Å². The molecule has 6 nitrogen and oxygen atoms in total. The largest absolute Gasteiger partial charge is 0.385 e. The van der Waals surface area contributed by atoms with E-state index >= 15 is 0 Å². The van der Waals surface area contributed by atoms with Gasteiger partial charge in [-0.15, -0.1) is 11.8 Å². The molecule has 0 saturated carbocycles. The minimum atomic E-state index is -0.295. The lowest BCUT2D eigenvalue weighted by Gasteiger charge is -2.07. The quantitative estimate of drug-likeness (QED) is 0.542. The summed E-state index contributed by atoms with van der Waals surface area (Å²) in [6, 6.07) is 7.45. The average Bonchev–Trinajstić information content (AvgIpc) is 2.98. The number of H-pyrrole nitrogens is 1. The molecule has 1 aromatic heterocycles. The number of carbonyl (C=O) groups excluding carboxylic acids is 1. The summed E-state index contributed by atoms with van der Waals surface area (Å²) in [4.78, 5) is 12.9. The number of carbonyl (C=O) groups is 1. The molecule has 0 spiro atoms. The van der Waals surface area contributed by atoms with Crippen molar-refractivity contribution >= 4 is 29.2 Å². The van der Waals surface area contributed by atoms with E-state index < -0.39 is 0 Å². The normalized spacial score (nSPS) is 10.3. The summed E-state index contributed by atoms with van der Waals surface area (Å²) in [6.07, 6.45) is 4.17. The van der Waals surface area contributed by atoms with E-state index in [2.05, 4.69) is 20.8 Å². The average molecular weight is 306 g/mol. The zero-order chi connectivity index (χ0) is 14.9. The van der Waals surface area contributed by atoms with Crippen molar-refractivity contribution < 1.29 is 9.53 Å². The number of amides is 2. The van der Waals surface area contributed by atoms with Crippen LogP contribution < -0.4 is 10.6 Å². The lowest BCUT2D eigenvalue weighted by molar-refractivity contribution is 0.200. The molecule has 0 unspecified atom stereocenters. The van der Waals surface area contributed by atoms with Crippen molar-refractivity contribution in [2.75, 3.05) is 30.1 Å². The van der Waals surface area contributed by atoms with Gasteiger partial charge in [-0.25, -0.2) is 4.79 Å². The first kappa shape index (κ1) is 15.4. The predicted molar refractivity (Wildman–Crippen MR) is 84.9 cm³/mol.